The highest BCUT2D eigenvalue weighted by atomic mass is 16.6. The van der Waals surface area contributed by atoms with Gasteiger partial charge in [0.25, 0.3) is 0 Å². The van der Waals surface area contributed by atoms with Crippen LogP contribution >= 0.6 is 0 Å². The minimum atomic E-state index is -0.906. The molecule has 11 atom stereocenters. The van der Waals surface area contributed by atoms with Crippen molar-refractivity contribution >= 4 is 5.97 Å². The lowest BCUT2D eigenvalue weighted by Crippen LogP contribution is -2.60. The van der Waals surface area contributed by atoms with Gasteiger partial charge in [0, 0.05) is 18.3 Å². The fourth-order valence-corrected chi connectivity index (χ4v) is 11.8. The largest absolute Gasteiger partial charge is 0.459 e. The SMILES string of the molecule is CC1(C)OC(=O)CC[C@]23C[C@]24CC[C@]2(C)[C@@H]([C@@]5(C)CC[C@@H](C(C)(C)O)O5)[C@@H](O)C[C@@]2(C)C4C[C@H](O)C13. The van der Waals surface area contributed by atoms with E-state index in [0.29, 0.717) is 18.8 Å². The minimum Gasteiger partial charge on any atom is -0.459 e. The second-order valence-corrected chi connectivity index (χ2v) is 15.6. The van der Waals surface area contributed by atoms with Gasteiger partial charge in [-0.25, -0.2) is 0 Å². The van der Waals surface area contributed by atoms with Crippen LogP contribution in [0, 0.1) is 39.4 Å². The number of hydrogen-bond donors (Lipinski definition) is 3. The molecule has 0 aromatic carbocycles. The van der Waals surface area contributed by atoms with E-state index in [0.717, 1.165) is 44.9 Å². The van der Waals surface area contributed by atoms with Crippen molar-refractivity contribution in [1.29, 1.82) is 0 Å². The Kier molecular flexibility index (Phi) is 5.03. The van der Waals surface area contributed by atoms with Crippen LogP contribution in [0.1, 0.15) is 106 Å². The first-order valence-electron chi connectivity index (χ1n) is 14.4. The number of hydrogen-bond acceptors (Lipinski definition) is 6. The summed E-state index contributed by atoms with van der Waals surface area (Å²) in [5.41, 5.74) is -2.27. The van der Waals surface area contributed by atoms with Gasteiger partial charge in [-0.15, -0.1) is 0 Å². The van der Waals surface area contributed by atoms with E-state index in [9.17, 15) is 20.1 Å². The Bertz CT molecular complexity index is 971. The number of aliphatic hydroxyl groups excluding tert-OH is 2. The summed E-state index contributed by atoms with van der Waals surface area (Å²) in [6.45, 7) is 14.6. The van der Waals surface area contributed by atoms with Crippen LogP contribution in [-0.2, 0) is 14.3 Å². The van der Waals surface area contributed by atoms with E-state index in [4.69, 9.17) is 9.47 Å². The van der Waals surface area contributed by atoms with Crippen LogP contribution in [0.4, 0.5) is 0 Å². The smallest absolute Gasteiger partial charge is 0.306 e. The second kappa shape index (κ2) is 7.08. The zero-order chi connectivity index (χ0) is 26.3. The Hall–Kier alpha value is -0.690. The molecule has 4 aliphatic carbocycles. The molecular formula is C30H48O6. The minimum absolute atomic E-state index is 0.0141. The standard InChI is InChI=1S/C30H48O6/c1-24(2,34)20-8-10-28(7,35-20)23-18(32)15-27(6)19-14-17(31)22-25(3,4)36-21(33)9-11-30(22)16-29(19,30)13-12-26(23,27)5/h17-20,22-23,31-32,34H,8-16H2,1-7H3/t17-,18-,19?,20-,22?,23-,26+,27-,28+,29-,30+/m0/s1. The predicted octanol–water partition coefficient (Wildman–Crippen LogP) is 4.37. The van der Waals surface area contributed by atoms with Gasteiger partial charge in [-0.1, -0.05) is 13.8 Å². The molecule has 2 saturated heterocycles. The fourth-order valence-electron chi connectivity index (χ4n) is 11.8. The molecule has 6 nitrogen and oxygen atoms in total. The molecule has 0 bridgehead atoms. The molecule has 0 radical (unpaired) electrons. The van der Waals surface area contributed by atoms with Crippen LogP contribution < -0.4 is 0 Å². The average Bonchev–Trinajstić information content (AvgIpc) is 3.14. The highest BCUT2D eigenvalue weighted by Gasteiger charge is 2.84. The van der Waals surface area contributed by atoms with E-state index < -0.39 is 29.0 Å². The molecular weight excluding hydrogens is 456 g/mol. The first kappa shape index (κ1) is 25.6. The summed E-state index contributed by atoms with van der Waals surface area (Å²) in [7, 11) is 0. The molecule has 36 heavy (non-hydrogen) atoms. The maximum absolute atomic E-state index is 12.6. The van der Waals surface area contributed by atoms with Gasteiger partial charge >= 0.3 is 5.97 Å². The molecule has 2 spiro atoms. The Labute approximate surface area is 216 Å². The Morgan fingerprint density at radius 1 is 0.889 bits per heavy atom. The lowest BCUT2D eigenvalue weighted by atomic mass is 9.43. The van der Waals surface area contributed by atoms with Crippen molar-refractivity contribution in [2.45, 2.75) is 141 Å². The highest BCUT2D eigenvalue weighted by Crippen LogP contribution is 2.88. The normalized spacial score (nSPS) is 57.7. The third-order valence-electron chi connectivity index (χ3n) is 13.2. The van der Waals surface area contributed by atoms with Gasteiger partial charge < -0.3 is 24.8 Å². The fraction of sp³-hybridized carbons (Fsp3) is 0.967. The zero-order valence-electron chi connectivity index (χ0n) is 23.4. The number of rotatable bonds is 2. The number of aliphatic hydroxyl groups is 3. The van der Waals surface area contributed by atoms with Crippen LogP contribution in [0.3, 0.4) is 0 Å². The number of carbonyl (C=O) groups excluding carboxylic acids is 1. The molecule has 0 amide bonds. The summed E-state index contributed by atoms with van der Waals surface area (Å²) < 4.78 is 12.6. The van der Waals surface area contributed by atoms with Gasteiger partial charge in [0.15, 0.2) is 0 Å². The molecule has 3 N–H and O–H groups in total. The molecule has 2 heterocycles. The van der Waals surface area contributed by atoms with Crippen molar-refractivity contribution in [3.63, 3.8) is 0 Å². The van der Waals surface area contributed by atoms with Crippen LogP contribution in [0.5, 0.6) is 0 Å². The molecule has 204 valence electrons. The monoisotopic (exact) mass is 504 g/mol. The molecule has 6 fully saturated rings. The van der Waals surface area contributed by atoms with Gasteiger partial charge in [-0.2, -0.15) is 0 Å². The van der Waals surface area contributed by atoms with Crippen LogP contribution in [0.25, 0.3) is 0 Å². The third-order valence-corrected chi connectivity index (χ3v) is 13.2. The van der Waals surface area contributed by atoms with Crippen molar-refractivity contribution < 1.29 is 29.6 Å². The number of cyclic esters (lactones) is 1. The van der Waals surface area contributed by atoms with Gasteiger partial charge in [0.05, 0.1) is 29.5 Å². The molecule has 2 aliphatic heterocycles. The molecule has 0 aromatic rings. The van der Waals surface area contributed by atoms with Gasteiger partial charge in [0.1, 0.15) is 5.60 Å². The maximum atomic E-state index is 12.6. The summed E-state index contributed by atoms with van der Waals surface area (Å²) in [4.78, 5) is 12.6. The summed E-state index contributed by atoms with van der Waals surface area (Å²) in [5.74, 6) is 0.116. The quantitative estimate of drug-likeness (QED) is 0.483. The lowest BCUT2D eigenvalue weighted by Gasteiger charge is -2.62. The summed E-state index contributed by atoms with van der Waals surface area (Å²) in [6, 6.07) is 0. The molecule has 6 heteroatoms. The van der Waals surface area contributed by atoms with Crippen LogP contribution in [-0.4, -0.2) is 56.4 Å². The van der Waals surface area contributed by atoms with E-state index in [1.54, 1.807) is 0 Å². The van der Waals surface area contributed by atoms with Crippen molar-refractivity contribution in [2.75, 3.05) is 0 Å². The molecule has 6 rings (SSSR count). The second-order valence-electron chi connectivity index (χ2n) is 15.6. The lowest BCUT2D eigenvalue weighted by molar-refractivity contribution is -0.206. The van der Waals surface area contributed by atoms with Crippen molar-refractivity contribution in [3.05, 3.63) is 0 Å². The number of fused-ring (bicyclic) bond motifs is 2. The molecule has 4 saturated carbocycles. The summed E-state index contributed by atoms with van der Waals surface area (Å²) in [6.07, 6.45) is 6.26. The molecule has 2 unspecified atom stereocenters. The van der Waals surface area contributed by atoms with E-state index in [-0.39, 0.29) is 45.6 Å². The van der Waals surface area contributed by atoms with Crippen LogP contribution in [0.15, 0.2) is 0 Å². The molecule has 0 aromatic heterocycles. The highest BCUT2D eigenvalue weighted by molar-refractivity contribution is 5.70. The van der Waals surface area contributed by atoms with E-state index in [1.807, 2.05) is 27.7 Å². The van der Waals surface area contributed by atoms with E-state index in [2.05, 4.69) is 20.8 Å². The average molecular weight is 505 g/mol. The Balaban J connectivity index is 1.38. The van der Waals surface area contributed by atoms with Crippen LogP contribution in [0.2, 0.25) is 0 Å². The Morgan fingerprint density at radius 3 is 2.22 bits per heavy atom. The molecule has 6 aliphatic rings. The predicted molar refractivity (Wildman–Crippen MR) is 135 cm³/mol. The van der Waals surface area contributed by atoms with Crippen molar-refractivity contribution in [3.8, 4) is 0 Å². The van der Waals surface area contributed by atoms with Gasteiger partial charge in [-0.3, -0.25) is 4.79 Å². The first-order chi connectivity index (χ1) is 16.5. The third kappa shape index (κ3) is 2.91. The van der Waals surface area contributed by atoms with Crippen molar-refractivity contribution in [2.24, 2.45) is 39.4 Å². The topological polar surface area (TPSA) is 96.2 Å². The maximum Gasteiger partial charge on any atom is 0.306 e. The number of ether oxygens (including phenoxy) is 2. The summed E-state index contributed by atoms with van der Waals surface area (Å²) in [5, 5.41) is 34.1. The summed E-state index contributed by atoms with van der Waals surface area (Å²) >= 11 is 0. The number of esters is 1. The van der Waals surface area contributed by atoms with Gasteiger partial charge in [0.2, 0.25) is 0 Å². The number of carbonyl (C=O) groups is 1. The van der Waals surface area contributed by atoms with Gasteiger partial charge in [-0.05, 0) is 114 Å². The first-order valence-corrected chi connectivity index (χ1v) is 14.4. The Morgan fingerprint density at radius 2 is 1.58 bits per heavy atom. The van der Waals surface area contributed by atoms with E-state index >= 15 is 0 Å². The van der Waals surface area contributed by atoms with Crippen molar-refractivity contribution in [1.82, 2.24) is 0 Å². The van der Waals surface area contributed by atoms with E-state index in [1.165, 1.54) is 0 Å². The zero-order valence-corrected chi connectivity index (χ0v) is 23.4.